The largest absolute Gasteiger partial charge is 0.361 e. The summed E-state index contributed by atoms with van der Waals surface area (Å²) in [5.41, 5.74) is 3.24. The Hall–Kier alpha value is -1.81. The molecule has 0 fully saturated rings. The molecule has 0 aliphatic carbocycles. The monoisotopic (exact) mass is 232 g/mol. The first-order valence-corrected chi connectivity index (χ1v) is 5.49. The van der Waals surface area contributed by atoms with E-state index in [4.69, 9.17) is 4.84 Å². The number of rotatable bonds is 3. The molecule has 17 heavy (non-hydrogen) atoms. The average molecular weight is 232 g/mol. The predicted molar refractivity (Wildman–Crippen MR) is 66.5 cm³/mol. The van der Waals surface area contributed by atoms with Crippen LogP contribution in [0.25, 0.3) is 10.9 Å². The van der Waals surface area contributed by atoms with Gasteiger partial charge >= 0.3 is 0 Å². The Morgan fingerprint density at radius 3 is 2.94 bits per heavy atom. The normalized spacial score (nSPS) is 10.8. The Morgan fingerprint density at radius 2 is 2.24 bits per heavy atom. The van der Waals surface area contributed by atoms with Crippen molar-refractivity contribution in [2.24, 2.45) is 0 Å². The SMILES string of the molecule is CON(C)C(=O)Cc1c[nH]c2ccc(C)cc12. The van der Waals surface area contributed by atoms with Gasteiger partial charge in [-0.25, -0.2) is 5.06 Å². The molecule has 0 radical (unpaired) electrons. The number of hydroxylamine groups is 2. The number of benzene rings is 1. The summed E-state index contributed by atoms with van der Waals surface area (Å²) in [6.45, 7) is 2.04. The number of carbonyl (C=O) groups is 1. The summed E-state index contributed by atoms with van der Waals surface area (Å²) < 4.78 is 0. The molecular weight excluding hydrogens is 216 g/mol. The van der Waals surface area contributed by atoms with Gasteiger partial charge in [-0.15, -0.1) is 0 Å². The molecule has 2 rings (SSSR count). The first kappa shape index (κ1) is 11.7. The zero-order valence-electron chi connectivity index (χ0n) is 10.3. The smallest absolute Gasteiger partial charge is 0.250 e. The number of H-pyrrole nitrogens is 1. The maximum atomic E-state index is 11.8. The predicted octanol–water partition coefficient (Wildman–Crippen LogP) is 2.04. The minimum absolute atomic E-state index is 0.0603. The van der Waals surface area contributed by atoms with Crippen LogP contribution in [-0.2, 0) is 16.1 Å². The van der Waals surface area contributed by atoms with E-state index in [1.54, 1.807) is 7.05 Å². The van der Waals surface area contributed by atoms with Gasteiger partial charge in [0, 0.05) is 24.1 Å². The van der Waals surface area contributed by atoms with Gasteiger partial charge in [0.05, 0.1) is 13.5 Å². The molecule has 0 spiro atoms. The molecule has 0 saturated heterocycles. The van der Waals surface area contributed by atoms with E-state index in [2.05, 4.69) is 11.1 Å². The maximum Gasteiger partial charge on any atom is 0.250 e. The van der Waals surface area contributed by atoms with Crippen LogP contribution in [-0.4, -0.2) is 30.1 Å². The Bertz CT molecular complexity index is 545. The summed E-state index contributed by atoms with van der Waals surface area (Å²) in [5, 5.41) is 2.34. The molecule has 0 aliphatic rings. The molecule has 4 nitrogen and oxygen atoms in total. The molecule has 1 aromatic carbocycles. The van der Waals surface area contributed by atoms with Crippen molar-refractivity contribution in [3.05, 3.63) is 35.5 Å². The van der Waals surface area contributed by atoms with Gasteiger partial charge in [0.1, 0.15) is 0 Å². The number of fused-ring (bicyclic) bond motifs is 1. The van der Waals surface area contributed by atoms with Crippen molar-refractivity contribution in [2.75, 3.05) is 14.2 Å². The topological polar surface area (TPSA) is 45.3 Å². The van der Waals surface area contributed by atoms with Gasteiger partial charge in [-0.1, -0.05) is 11.6 Å². The van der Waals surface area contributed by atoms with E-state index in [0.29, 0.717) is 6.42 Å². The molecule has 0 unspecified atom stereocenters. The quantitative estimate of drug-likeness (QED) is 0.823. The zero-order chi connectivity index (χ0) is 12.4. The highest BCUT2D eigenvalue weighted by Gasteiger charge is 2.12. The molecule has 0 bridgehead atoms. The third-order valence-electron chi connectivity index (χ3n) is 2.89. The maximum absolute atomic E-state index is 11.8. The number of nitrogens with one attached hydrogen (secondary N) is 1. The van der Waals surface area contributed by atoms with E-state index in [1.807, 2.05) is 25.3 Å². The number of amides is 1. The van der Waals surface area contributed by atoms with Crippen LogP contribution in [0.4, 0.5) is 0 Å². The van der Waals surface area contributed by atoms with Gasteiger partial charge in [-0.2, -0.15) is 0 Å². The third kappa shape index (κ3) is 2.31. The fourth-order valence-corrected chi connectivity index (χ4v) is 1.81. The van der Waals surface area contributed by atoms with Crippen molar-refractivity contribution in [3.8, 4) is 0 Å². The number of nitrogens with zero attached hydrogens (tertiary/aromatic N) is 1. The van der Waals surface area contributed by atoms with Crippen molar-refractivity contribution in [1.82, 2.24) is 10.0 Å². The molecule has 1 amide bonds. The van der Waals surface area contributed by atoms with E-state index in [-0.39, 0.29) is 5.91 Å². The standard InChI is InChI=1S/C13H16N2O2/c1-9-4-5-12-11(6-9)10(8-14-12)7-13(16)15(2)17-3/h4-6,8,14H,7H2,1-3H3. The van der Waals surface area contributed by atoms with Crippen molar-refractivity contribution >= 4 is 16.8 Å². The number of aromatic nitrogens is 1. The first-order chi connectivity index (χ1) is 8.11. The summed E-state index contributed by atoms with van der Waals surface area (Å²) in [6, 6.07) is 6.16. The number of likely N-dealkylation sites (N-methyl/N-ethyl adjacent to an activating group) is 1. The second-order valence-electron chi connectivity index (χ2n) is 4.11. The lowest BCUT2D eigenvalue weighted by atomic mass is 10.1. The van der Waals surface area contributed by atoms with Crippen LogP contribution in [0, 0.1) is 6.92 Å². The molecule has 4 heteroatoms. The fraction of sp³-hybridized carbons (Fsp3) is 0.308. The van der Waals surface area contributed by atoms with Crippen LogP contribution in [0.2, 0.25) is 0 Å². The number of carbonyl (C=O) groups excluding carboxylic acids is 1. The van der Waals surface area contributed by atoms with Gasteiger partial charge in [-0.3, -0.25) is 9.63 Å². The lowest BCUT2D eigenvalue weighted by molar-refractivity contribution is -0.167. The molecule has 2 aromatic rings. The highest BCUT2D eigenvalue weighted by Crippen LogP contribution is 2.20. The summed E-state index contributed by atoms with van der Waals surface area (Å²) in [5.74, 6) is -0.0603. The molecule has 1 N–H and O–H groups in total. The van der Waals surface area contributed by atoms with Gasteiger partial charge < -0.3 is 4.98 Å². The van der Waals surface area contributed by atoms with Crippen LogP contribution in [0.1, 0.15) is 11.1 Å². The van der Waals surface area contributed by atoms with E-state index < -0.39 is 0 Å². The van der Waals surface area contributed by atoms with Gasteiger partial charge in [0.25, 0.3) is 0 Å². The van der Waals surface area contributed by atoms with Crippen molar-refractivity contribution < 1.29 is 9.63 Å². The lowest BCUT2D eigenvalue weighted by Gasteiger charge is -2.12. The Balaban J connectivity index is 2.30. The van der Waals surface area contributed by atoms with Gasteiger partial charge in [-0.05, 0) is 24.6 Å². The molecule has 1 aromatic heterocycles. The highest BCUT2D eigenvalue weighted by atomic mass is 16.7. The molecule has 0 aliphatic heterocycles. The molecule has 0 saturated carbocycles. The number of aromatic amines is 1. The fourth-order valence-electron chi connectivity index (χ4n) is 1.81. The van der Waals surface area contributed by atoms with Gasteiger partial charge in [0.2, 0.25) is 5.91 Å². The Labute approximate surface area is 100 Å². The van der Waals surface area contributed by atoms with E-state index in [0.717, 1.165) is 16.5 Å². The lowest BCUT2D eigenvalue weighted by Crippen LogP contribution is -2.26. The summed E-state index contributed by atoms with van der Waals surface area (Å²) >= 11 is 0. The molecule has 1 heterocycles. The molecular formula is C13H16N2O2. The number of aryl methyl sites for hydroxylation is 1. The number of hydrogen-bond donors (Lipinski definition) is 1. The minimum atomic E-state index is -0.0603. The molecule has 0 atom stereocenters. The average Bonchev–Trinajstić information content (AvgIpc) is 2.71. The third-order valence-corrected chi connectivity index (χ3v) is 2.89. The van der Waals surface area contributed by atoms with E-state index in [9.17, 15) is 4.79 Å². The van der Waals surface area contributed by atoms with Crippen LogP contribution < -0.4 is 0 Å². The number of hydrogen-bond acceptors (Lipinski definition) is 2. The van der Waals surface area contributed by atoms with Gasteiger partial charge in [0.15, 0.2) is 0 Å². The summed E-state index contributed by atoms with van der Waals surface area (Å²) in [6.07, 6.45) is 2.22. The Morgan fingerprint density at radius 1 is 1.47 bits per heavy atom. The minimum Gasteiger partial charge on any atom is -0.361 e. The second-order valence-corrected chi connectivity index (χ2v) is 4.11. The summed E-state index contributed by atoms with van der Waals surface area (Å²) in [4.78, 5) is 19.8. The van der Waals surface area contributed by atoms with Crippen LogP contribution in [0.5, 0.6) is 0 Å². The van der Waals surface area contributed by atoms with Crippen molar-refractivity contribution in [3.63, 3.8) is 0 Å². The van der Waals surface area contributed by atoms with E-state index in [1.165, 1.54) is 17.7 Å². The highest BCUT2D eigenvalue weighted by molar-refractivity contribution is 5.88. The van der Waals surface area contributed by atoms with E-state index >= 15 is 0 Å². The zero-order valence-corrected chi connectivity index (χ0v) is 10.3. The van der Waals surface area contributed by atoms with Crippen molar-refractivity contribution in [1.29, 1.82) is 0 Å². The second kappa shape index (κ2) is 4.59. The molecule has 90 valence electrons. The first-order valence-electron chi connectivity index (χ1n) is 5.49. The van der Waals surface area contributed by atoms with Crippen LogP contribution in [0.15, 0.2) is 24.4 Å². The Kier molecular flexibility index (Phi) is 3.15. The summed E-state index contributed by atoms with van der Waals surface area (Å²) in [7, 11) is 3.10. The van der Waals surface area contributed by atoms with Crippen molar-refractivity contribution in [2.45, 2.75) is 13.3 Å². The van der Waals surface area contributed by atoms with Crippen LogP contribution in [0.3, 0.4) is 0 Å². The van der Waals surface area contributed by atoms with Crippen LogP contribution >= 0.6 is 0 Å².